The maximum absolute atomic E-state index is 13.1. The van der Waals surface area contributed by atoms with Crippen LogP contribution in [-0.4, -0.2) is 50.3 Å². The van der Waals surface area contributed by atoms with Crippen molar-refractivity contribution in [2.24, 2.45) is 0 Å². The molecule has 280 valence electrons. The standard InChI is InChI=1S/C42H42N2O8S2/c45-40(17-10-18-41(46)47)43-39-30-36(53-28-25-31-19-21-35(22-20-31)52-27-8-7-26-51-34-13-3-1-4-14-34)23-24-38(39)32-11-9-12-33(29-32)42(48)44-54(49,50)37-15-5-2-6-16-37/h1-6,9,11-16,19-24,29-30H,7-8,10,17-18,25-28H2,(H,43,45)(H,44,48)(H,46,47). The van der Waals surface area contributed by atoms with E-state index in [1.807, 2.05) is 60.7 Å². The SMILES string of the molecule is O=C(O)CCCC(=O)Nc1cc(SCCc2ccc(OCCCCOc3ccccc3)cc2)ccc1-c1cccc(C(=O)NS(=O)(=O)c2ccccc2)c1. The number of rotatable bonds is 20. The number of nitrogens with one attached hydrogen (secondary N) is 2. The van der Waals surface area contributed by atoms with E-state index in [0.717, 1.165) is 47.0 Å². The molecule has 5 aromatic carbocycles. The number of thioether (sulfide) groups is 1. The van der Waals surface area contributed by atoms with E-state index < -0.39 is 21.9 Å². The number of anilines is 1. The van der Waals surface area contributed by atoms with E-state index in [1.54, 1.807) is 48.2 Å². The average Bonchev–Trinajstić information content (AvgIpc) is 3.17. The Bertz CT molecular complexity index is 2110. The number of unbranched alkanes of at least 4 members (excludes halogenated alkanes) is 1. The highest BCUT2D eigenvalue weighted by molar-refractivity contribution is 7.99. The van der Waals surface area contributed by atoms with Gasteiger partial charge in [-0.3, -0.25) is 14.4 Å². The van der Waals surface area contributed by atoms with Gasteiger partial charge in [0.1, 0.15) is 11.5 Å². The Balaban J connectivity index is 1.19. The number of carboxylic acid groups (broad SMARTS) is 1. The summed E-state index contributed by atoms with van der Waals surface area (Å²) in [5.41, 5.74) is 2.96. The molecule has 0 aliphatic rings. The molecule has 0 atom stereocenters. The zero-order valence-electron chi connectivity index (χ0n) is 29.6. The predicted molar refractivity (Wildman–Crippen MR) is 211 cm³/mol. The topological polar surface area (TPSA) is 148 Å². The Morgan fingerprint density at radius 1 is 0.685 bits per heavy atom. The summed E-state index contributed by atoms with van der Waals surface area (Å²) in [6.45, 7) is 1.25. The number of amides is 2. The Kier molecular flexibility index (Phi) is 14.7. The molecule has 0 fully saturated rings. The molecule has 54 heavy (non-hydrogen) atoms. The lowest BCUT2D eigenvalue weighted by Gasteiger charge is -2.15. The quantitative estimate of drug-likeness (QED) is 0.0526. The number of para-hydroxylation sites is 1. The molecule has 5 rings (SSSR count). The highest BCUT2D eigenvalue weighted by Gasteiger charge is 2.19. The highest BCUT2D eigenvalue weighted by Crippen LogP contribution is 2.33. The Hall–Kier alpha value is -5.59. The van der Waals surface area contributed by atoms with E-state index in [2.05, 4.69) is 22.2 Å². The van der Waals surface area contributed by atoms with Crippen LogP contribution in [-0.2, 0) is 26.0 Å². The Morgan fingerprint density at radius 3 is 2.04 bits per heavy atom. The number of ether oxygens (including phenoxy) is 2. The number of carboxylic acids is 1. The van der Waals surface area contributed by atoms with Crippen LogP contribution in [0.1, 0.15) is 48.0 Å². The minimum absolute atomic E-state index is 0.0191. The lowest BCUT2D eigenvalue weighted by Crippen LogP contribution is -2.30. The molecular weight excluding hydrogens is 725 g/mol. The number of aryl methyl sites for hydroxylation is 1. The third-order valence-corrected chi connectivity index (χ3v) is 10.5. The molecule has 0 aliphatic carbocycles. The van der Waals surface area contributed by atoms with Crippen LogP contribution in [0.3, 0.4) is 0 Å². The molecule has 12 heteroatoms. The fourth-order valence-electron chi connectivity index (χ4n) is 5.39. The van der Waals surface area contributed by atoms with Crippen LogP contribution in [0.15, 0.2) is 137 Å². The van der Waals surface area contributed by atoms with Crippen LogP contribution in [0, 0.1) is 0 Å². The van der Waals surface area contributed by atoms with Crippen molar-refractivity contribution in [1.82, 2.24) is 4.72 Å². The van der Waals surface area contributed by atoms with Gasteiger partial charge in [0, 0.05) is 40.3 Å². The largest absolute Gasteiger partial charge is 0.494 e. The third-order valence-electron chi connectivity index (χ3n) is 8.18. The van der Waals surface area contributed by atoms with Crippen LogP contribution in [0.4, 0.5) is 5.69 Å². The van der Waals surface area contributed by atoms with Crippen molar-refractivity contribution in [3.05, 3.63) is 139 Å². The van der Waals surface area contributed by atoms with E-state index in [-0.39, 0.29) is 35.6 Å². The second-order valence-corrected chi connectivity index (χ2v) is 15.1. The molecule has 0 bridgehead atoms. The summed E-state index contributed by atoms with van der Waals surface area (Å²) in [5, 5.41) is 11.9. The minimum Gasteiger partial charge on any atom is -0.494 e. The molecule has 0 heterocycles. The van der Waals surface area contributed by atoms with Crippen molar-refractivity contribution in [3.8, 4) is 22.6 Å². The summed E-state index contributed by atoms with van der Waals surface area (Å²) in [6.07, 6.45) is 2.65. The molecular formula is C42H42N2O8S2. The van der Waals surface area contributed by atoms with Crippen molar-refractivity contribution >= 4 is 45.3 Å². The maximum Gasteiger partial charge on any atom is 0.303 e. The summed E-state index contributed by atoms with van der Waals surface area (Å²) in [7, 11) is -4.09. The lowest BCUT2D eigenvalue weighted by molar-refractivity contribution is -0.137. The van der Waals surface area contributed by atoms with E-state index in [9.17, 15) is 22.8 Å². The molecule has 3 N–H and O–H groups in total. The van der Waals surface area contributed by atoms with Gasteiger partial charge in [-0.25, -0.2) is 13.1 Å². The van der Waals surface area contributed by atoms with Gasteiger partial charge in [0.25, 0.3) is 15.9 Å². The van der Waals surface area contributed by atoms with Crippen LogP contribution < -0.4 is 19.5 Å². The maximum atomic E-state index is 13.1. The molecule has 0 aromatic heterocycles. The molecule has 0 spiro atoms. The summed E-state index contributed by atoms with van der Waals surface area (Å²) < 4.78 is 39.3. The second-order valence-electron chi connectivity index (χ2n) is 12.3. The van der Waals surface area contributed by atoms with Crippen LogP contribution >= 0.6 is 11.8 Å². The first-order chi connectivity index (χ1) is 26.2. The summed E-state index contributed by atoms with van der Waals surface area (Å²) in [6, 6.07) is 37.5. The first kappa shape index (κ1) is 39.6. The van der Waals surface area contributed by atoms with Gasteiger partial charge in [0.05, 0.1) is 18.1 Å². The molecule has 0 aliphatic heterocycles. The molecule has 10 nitrogen and oxygen atoms in total. The zero-order valence-corrected chi connectivity index (χ0v) is 31.2. The first-order valence-corrected chi connectivity index (χ1v) is 20.0. The van der Waals surface area contributed by atoms with Crippen LogP contribution in [0.5, 0.6) is 11.5 Å². The van der Waals surface area contributed by atoms with Crippen LogP contribution in [0.2, 0.25) is 0 Å². The summed E-state index contributed by atoms with van der Waals surface area (Å²) >= 11 is 1.62. The van der Waals surface area contributed by atoms with Gasteiger partial charge < -0.3 is 19.9 Å². The molecule has 0 radical (unpaired) electrons. The molecule has 2 amide bonds. The second kappa shape index (κ2) is 20.0. The summed E-state index contributed by atoms with van der Waals surface area (Å²) in [5.74, 6) is 0.329. The van der Waals surface area contributed by atoms with Crippen molar-refractivity contribution in [2.75, 3.05) is 24.3 Å². The van der Waals surface area contributed by atoms with Crippen molar-refractivity contribution in [1.29, 1.82) is 0 Å². The van der Waals surface area contributed by atoms with E-state index in [1.165, 1.54) is 18.2 Å². The Labute approximate surface area is 320 Å². The van der Waals surface area contributed by atoms with Gasteiger partial charge in [-0.1, -0.05) is 66.7 Å². The monoisotopic (exact) mass is 766 g/mol. The average molecular weight is 767 g/mol. The molecule has 0 saturated carbocycles. The molecule has 0 unspecified atom stereocenters. The number of benzene rings is 5. The third kappa shape index (κ3) is 12.5. The van der Waals surface area contributed by atoms with Gasteiger partial charge in [0.15, 0.2) is 0 Å². The summed E-state index contributed by atoms with van der Waals surface area (Å²) in [4.78, 5) is 37.8. The number of carbonyl (C=O) groups is 3. The number of aliphatic carboxylic acids is 1. The number of hydrogen-bond donors (Lipinski definition) is 3. The van der Waals surface area contributed by atoms with E-state index in [0.29, 0.717) is 30.0 Å². The van der Waals surface area contributed by atoms with Crippen molar-refractivity contribution < 1.29 is 37.4 Å². The molecule has 5 aromatic rings. The first-order valence-electron chi connectivity index (χ1n) is 17.6. The smallest absolute Gasteiger partial charge is 0.303 e. The highest BCUT2D eigenvalue weighted by atomic mass is 32.2. The number of sulfonamides is 1. The van der Waals surface area contributed by atoms with Crippen molar-refractivity contribution in [3.63, 3.8) is 0 Å². The van der Waals surface area contributed by atoms with Gasteiger partial charge in [-0.15, -0.1) is 11.8 Å². The minimum atomic E-state index is -4.09. The van der Waals surface area contributed by atoms with E-state index in [4.69, 9.17) is 14.6 Å². The zero-order chi connectivity index (χ0) is 38.2. The van der Waals surface area contributed by atoms with E-state index >= 15 is 0 Å². The van der Waals surface area contributed by atoms with Gasteiger partial charge in [-0.05, 0) is 97.5 Å². The normalized spacial score (nSPS) is 11.0. The fraction of sp³-hybridized carbons (Fsp3) is 0.214. The van der Waals surface area contributed by atoms with Crippen molar-refractivity contribution in [2.45, 2.75) is 48.3 Å². The van der Waals surface area contributed by atoms with Gasteiger partial charge in [-0.2, -0.15) is 0 Å². The number of hydrogen-bond acceptors (Lipinski definition) is 8. The Morgan fingerprint density at radius 2 is 1.35 bits per heavy atom. The molecule has 0 saturated heterocycles. The van der Waals surface area contributed by atoms with Gasteiger partial charge in [0.2, 0.25) is 5.91 Å². The predicted octanol–water partition coefficient (Wildman–Crippen LogP) is 8.24. The van der Waals surface area contributed by atoms with Crippen LogP contribution in [0.25, 0.3) is 11.1 Å². The van der Waals surface area contributed by atoms with Gasteiger partial charge >= 0.3 is 5.97 Å². The fourth-order valence-corrected chi connectivity index (χ4v) is 7.32. The lowest BCUT2D eigenvalue weighted by atomic mass is 10.0. The number of carbonyl (C=O) groups excluding carboxylic acids is 2.